The molecule has 106 valence electrons. The van der Waals surface area contributed by atoms with Crippen LogP contribution in [0.4, 0.5) is 5.69 Å². The fourth-order valence-corrected chi connectivity index (χ4v) is 3.03. The predicted octanol–water partition coefficient (Wildman–Crippen LogP) is 3.67. The Labute approximate surface area is 124 Å². The van der Waals surface area contributed by atoms with E-state index >= 15 is 0 Å². The van der Waals surface area contributed by atoms with Crippen molar-refractivity contribution in [3.05, 3.63) is 54.7 Å². The Morgan fingerprint density at radius 2 is 1.81 bits per heavy atom. The number of morpholine rings is 1. The van der Waals surface area contributed by atoms with Crippen LogP contribution in [-0.2, 0) is 4.74 Å². The molecule has 1 aromatic heterocycles. The first-order chi connectivity index (χ1) is 10.4. The normalized spacial score (nSPS) is 15.5. The highest BCUT2D eigenvalue weighted by molar-refractivity contribution is 5.95. The van der Waals surface area contributed by atoms with Crippen LogP contribution in [0.15, 0.2) is 54.7 Å². The van der Waals surface area contributed by atoms with Gasteiger partial charge in [0.25, 0.3) is 0 Å². The smallest absolute Gasteiger partial charge is 0.0642 e. The van der Waals surface area contributed by atoms with Gasteiger partial charge >= 0.3 is 0 Å². The third-order valence-corrected chi connectivity index (χ3v) is 4.13. The zero-order chi connectivity index (χ0) is 14.1. The first-order valence-electron chi connectivity index (χ1n) is 7.41. The summed E-state index contributed by atoms with van der Waals surface area (Å²) in [5, 5.41) is 1.27. The molecule has 1 fully saturated rings. The summed E-state index contributed by atoms with van der Waals surface area (Å²) in [6, 6.07) is 17.4. The molecule has 0 saturated carbocycles. The summed E-state index contributed by atoms with van der Waals surface area (Å²) in [6.45, 7) is 3.57. The number of aromatic nitrogens is 1. The number of aromatic amines is 1. The van der Waals surface area contributed by atoms with Crippen molar-refractivity contribution >= 4 is 16.6 Å². The van der Waals surface area contributed by atoms with Crippen LogP contribution >= 0.6 is 0 Å². The molecule has 0 unspecified atom stereocenters. The SMILES string of the molecule is c1cc(-c2cccc3[nH]ccc23)cc(N2CCOCC2)c1. The zero-order valence-corrected chi connectivity index (χ0v) is 11.9. The number of nitrogens with one attached hydrogen (secondary N) is 1. The number of fused-ring (bicyclic) bond motifs is 1. The van der Waals surface area contributed by atoms with Gasteiger partial charge in [0.05, 0.1) is 13.2 Å². The van der Waals surface area contributed by atoms with Crippen molar-refractivity contribution in [2.45, 2.75) is 0 Å². The van der Waals surface area contributed by atoms with Crippen LogP contribution < -0.4 is 4.90 Å². The standard InChI is InChI=1S/C18H18N2O/c1-3-14(13-15(4-1)20-9-11-21-12-10-20)16-5-2-6-18-17(16)7-8-19-18/h1-8,13,19H,9-12H2. The van der Waals surface area contributed by atoms with E-state index in [9.17, 15) is 0 Å². The second-order valence-electron chi connectivity index (χ2n) is 5.39. The number of hydrogen-bond donors (Lipinski definition) is 1. The summed E-state index contributed by atoms with van der Waals surface area (Å²) >= 11 is 0. The van der Waals surface area contributed by atoms with Gasteiger partial charge in [0.2, 0.25) is 0 Å². The molecule has 1 saturated heterocycles. The molecule has 1 aliphatic rings. The van der Waals surface area contributed by atoms with E-state index in [0.29, 0.717) is 0 Å². The Bertz CT molecular complexity index is 757. The van der Waals surface area contributed by atoms with E-state index in [-0.39, 0.29) is 0 Å². The van der Waals surface area contributed by atoms with Crippen molar-refractivity contribution in [1.82, 2.24) is 4.98 Å². The number of ether oxygens (including phenoxy) is 1. The molecule has 3 nitrogen and oxygen atoms in total. The summed E-state index contributed by atoms with van der Waals surface area (Å²) in [7, 11) is 0. The Morgan fingerprint density at radius 1 is 0.952 bits per heavy atom. The van der Waals surface area contributed by atoms with E-state index in [1.807, 2.05) is 6.20 Å². The van der Waals surface area contributed by atoms with Crippen molar-refractivity contribution in [3.8, 4) is 11.1 Å². The van der Waals surface area contributed by atoms with E-state index in [1.54, 1.807) is 0 Å². The lowest BCUT2D eigenvalue weighted by Gasteiger charge is -2.29. The number of H-pyrrole nitrogens is 1. The molecule has 3 aromatic rings. The van der Waals surface area contributed by atoms with Crippen molar-refractivity contribution in [3.63, 3.8) is 0 Å². The summed E-state index contributed by atoms with van der Waals surface area (Å²) in [5.41, 5.74) is 5.01. The Hall–Kier alpha value is -2.26. The fourth-order valence-electron chi connectivity index (χ4n) is 3.03. The molecular weight excluding hydrogens is 260 g/mol. The molecule has 0 atom stereocenters. The average Bonchev–Trinajstić information content (AvgIpc) is 3.04. The van der Waals surface area contributed by atoms with E-state index in [4.69, 9.17) is 4.74 Å². The van der Waals surface area contributed by atoms with Gasteiger partial charge in [-0.1, -0.05) is 24.3 Å². The molecule has 1 N–H and O–H groups in total. The third kappa shape index (κ3) is 2.30. The van der Waals surface area contributed by atoms with Gasteiger partial charge in [0.1, 0.15) is 0 Å². The number of rotatable bonds is 2. The molecule has 0 amide bonds. The van der Waals surface area contributed by atoms with Crippen LogP contribution in [0.3, 0.4) is 0 Å². The maximum Gasteiger partial charge on any atom is 0.0642 e. The highest BCUT2D eigenvalue weighted by Gasteiger charge is 2.12. The quantitative estimate of drug-likeness (QED) is 0.774. The van der Waals surface area contributed by atoms with E-state index in [2.05, 4.69) is 58.4 Å². The average molecular weight is 278 g/mol. The maximum atomic E-state index is 5.44. The monoisotopic (exact) mass is 278 g/mol. The topological polar surface area (TPSA) is 28.3 Å². The zero-order valence-electron chi connectivity index (χ0n) is 11.9. The van der Waals surface area contributed by atoms with Gasteiger partial charge < -0.3 is 14.6 Å². The van der Waals surface area contributed by atoms with Gasteiger partial charge in [0.15, 0.2) is 0 Å². The first kappa shape index (κ1) is 12.5. The van der Waals surface area contributed by atoms with Crippen LogP contribution in [0.25, 0.3) is 22.0 Å². The van der Waals surface area contributed by atoms with Crippen LogP contribution in [0.1, 0.15) is 0 Å². The fraction of sp³-hybridized carbons (Fsp3) is 0.222. The molecule has 21 heavy (non-hydrogen) atoms. The van der Waals surface area contributed by atoms with Crippen molar-refractivity contribution < 1.29 is 4.74 Å². The van der Waals surface area contributed by atoms with Gasteiger partial charge in [-0.15, -0.1) is 0 Å². The van der Waals surface area contributed by atoms with E-state index < -0.39 is 0 Å². The summed E-state index contributed by atoms with van der Waals surface area (Å²) in [5.74, 6) is 0. The van der Waals surface area contributed by atoms with Crippen LogP contribution in [-0.4, -0.2) is 31.3 Å². The minimum atomic E-state index is 0.817. The van der Waals surface area contributed by atoms with Gasteiger partial charge in [-0.3, -0.25) is 0 Å². The van der Waals surface area contributed by atoms with Gasteiger partial charge in [-0.05, 0) is 35.4 Å². The van der Waals surface area contributed by atoms with Crippen molar-refractivity contribution in [2.75, 3.05) is 31.2 Å². The van der Waals surface area contributed by atoms with Crippen LogP contribution in [0, 0.1) is 0 Å². The van der Waals surface area contributed by atoms with Crippen molar-refractivity contribution in [1.29, 1.82) is 0 Å². The molecule has 2 aromatic carbocycles. The third-order valence-electron chi connectivity index (χ3n) is 4.13. The van der Waals surface area contributed by atoms with Gasteiger partial charge in [-0.2, -0.15) is 0 Å². The van der Waals surface area contributed by atoms with Crippen LogP contribution in [0.5, 0.6) is 0 Å². The predicted molar refractivity (Wildman–Crippen MR) is 86.8 cm³/mol. The molecule has 0 radical (unpaired) electrons. The van der Waals surface area contributed by atoms with E-state index in [1.165, 1.54) is 27.7 Å². The molecule has 1 aliphatic heterocycles. The maximum absolute atomic E-state index is 5.44. The number of hydrogen-bond acceptors (Lipinski definition) is 2. The second kappa shape index (κ2) is 5.26. The molecule has 0 spiro atoms. The minimum Gasteiger partial charge on any atom is -0.378 e. The molecular formula is C18H18N2O. The summed E-state index contributed by atoms with van der Waals surface area (Å²) in [6.07, 6.45) is 2.00. The highest BCUT2D eigenvalue weighted by atomic mass is 16.5. The molecule has 0 bridgehead atoms. The summed E-state index contributed by atoms with van der Waals surface area (Å²) in [4.78, 5) is 5.67. The summed E-state index contributed by atoms with van der Waals surface area (Å²) < 4.78 is 5.44. The van der Waals surface area contributed by atoms with Gasteiger partial charge in [-0.25, -0.2) is 0 Å². The molecule has 0 aliphatic carbocycles. The number of anilines is 1. The van der Waals surface area contributed by atoms with E-state index in [0.717, 1.165) is 26.3 Å². The molecule has 2 heterocycles. The van der Waals surface area contributed by atoms with Gasteiger partial charge in [0, 0.05) is 35.9 Å². The molecule has 3 heteroatoms. The highest BCUT2D eigenvalue weighted by Crippen LogP contribution is 2.30. The lowest BCUT2D eigenvalue weighted by atomic mass is 10.0. The molecule has 4 rings (SSSR count). The Kier molecular flexibility index (Phi) is 3.13. The van der Waals surface area contributed by atoms with Crippen molar-refractivity contribution in [2.24, 2.45) is 0 Å². The Balaban J connectivity index is 1.76. The lowest BCUT2D eigenvalue weighted by molar-refractivity contribution is 0.122. The number of benzene rings is 2. The first-order valence-corrected chi connectivity index (χ1v) is 7.41. The second-order valence-corrected chi connectivity index (χ2v) is 5.39. The minimum absolute atomic E-state index is 0.817. The Morgan fingerprint density at radius 3 is 2.71 bits per heavy atom. The number of nitrogens with zero attached hydrogens (tertiary/aromatic N) is 1. The largest absolute Gasteiger partial charge is 0.378 e. The lowest BCUT2D eigenvalue weighted by Crippen LogP contribution is -2.36. The van der Waals surface area contributed by atoms with Crippen LogP contribution in [0.2, 0.25) is 0 Å².